The van der Waals surface area contributed by atoms with Crippen LogP contribution in [0.1, 0.15) is 17.6 Å². The zero-order valence-electron chi connectivity index (χ0n) is 13.1. The van der Waals surface area contributed by atoms with E-state index >= 15 is 0 Å². The van der Waals surface area contributed by atoms with Crippen LogP contribution >= 0.6 is 11.6 Å². The summed E-state index contributed by atoms with van der Waals surface area (Å²) in [7, 11) is 0. The van der Waals surface area contributed by atoms with Gasteiger partial charge in [-0.1, -0.05) is 23.7 Å². The van der Waals surface area contributed by atoms with E-state index in [1.807, 2.05) is 36.7 Å². The van der Waals surface area contributed by atoms with E-state index in [1.54, 1.807) is 6.33 Å². The van der Waals surface area contributed by atoms with Crippen LogP contribution in [-0.4, -0.2) is 44.6 Å². The van der Waals surface area contributed by atoms with E-state index in [1.165, 1.54) is 0 Å². The lowest BCUT2D eigenvalue weighted by Gasteiger charge is -2.33. The number of benzene rings is 1. The van der Waals surface area contributed by atoms with Gasteiger partial charge in [-0.3, -0.25) is 4.90 Å². The number of imidazole rings is 2. The van der Waals surface area contributed by atoms with Gasteiger partial charge in [0, 0.05) is 35.6 Å². The molecule has 2 N–H and O–H groups in total. The Morgan fingerprint density at radius 1 is 1.33 bits per heavy atom. The van der Waals surface area contributed by atoms with Gasteiger partial charge in [0.1, 0.15) is 5.82 Å². The quantitative estimate of drug-likeness (QED) is 0.764. The number of hydrogen-bond donors (Lipinski definition) is 2. The summed E-state index contributed by atoms with van der Waals surface area (Å²) in [4.78, 5) is 17.6. The summed E-state index contributed by atoms with van der Waals surface area (Å²) in [5.74, 6) is 0.907. The van der Waals surface area contributed by atoms with Gasteiger partial charge >= 0.3 is 0 Å². The first kappa shape index (κ1) is 15.4. The minimum Gasteiger partial charge on any atom is -0.378 e. The lowest BCUT2D eigenvalue weighted by molar-refractivity contribution is -0.0161. The summed E-state index contributed by atoms with van der Waals surface area (Å²) in [5, 5.41) is 0.713. The summed E-state index contributed by atoms with van der Waals surface area (Å²) in [6.07, 6.45) is 5.41. The van der Waals surface area contributed by atoms with Crippen molar-refractivity contribution in [1.82, 2.24) is 24.8 Å². The van der Waals surface area contributed by atoms with Crippen LogP contribution in [0, 0.1) is 0 Å². The van der Waals surface area contributed by atoms with Crippen LogP contribution in [0.3, 0.4) is 0 Å². The Balaban J connectivity index is 1.57. The molecule has 1 aliphatic heterocycles. The second-order valence-corrected chi connectivity index (χ2v) is 6.27. The molecule has 0 bridgehead atoms. The van der Waals surface area contributed by atoms with Crippen molar-refractivity contribution >= 4 is 11.6 Å². The van der Waals surface area contributed by atoms with Gasteiger partial charge in [-0.05, 0) is 12.1 Å². The maximum absolute atomic E-state index is 6.08. The van der Waals surface area contributed by atoms with E-state index < -0.39 is 0 Å². The van der Waals surface area contributed by atoms with Crippen molar-refractivity contribution in [2.24, 2.45) is 0 Å². The summed E-state index contributed by atoms with van der Waals surface area (Å²) in [5.41, 5.74) is 3.07. The highest BCUT2D eigenvalue weighted by atomic mass is 35.5. The first-order valence-electron chi connectivity index (χ1n) is 7.89. The van der Waals surface area contributed by atoms with Gasteiger partial charge in [-0.25, -0.2) is 9.97 Å². The number of nitrogens with one attached hydrogen (secondary N) is 2. The number of ether oxygens (including phenoxy) is 1. The minimum atomic E-state index is 0.0926. The normalized spacial score (nSPS) is 18.8. The lowest BCUT2D eigenvalue weighted by Crippen LogP contribution is -2.39. The Bertz CT molecular complexity index is 801. The van der Waals surface area contributed by atoms with Crippen molar-refractivity contribution in [3.8, 4) is 11.3 Å². The van der Waals surface area contributed by atoms with E-state index in [2.05, 4.69) is 24.8 Å². The van der Waals surface area contributed by atoms with Crippen molar-refractivity contribution in [2.45, 2.75) is 12.6 Å². The van der Waals surface area contributed by atoms with Crippen molar-refractivity contribution < 1.29 is 4.74 Å². The molecule has 7 heteroatoms. The van der Waals surface area contributed by atoms with Crippen LogP contribution in [0.4, 0.5) is 0 Å². The van der Waals surface area contributed by atoms with Gasteiger partial charge in [0.15, 0.2) is 0 Å². The molecule has 1 aliphatic rings. The zero-order valence-corrected chi connectivity index (χ0v) is 13.8. The molecule has 3 aromatic rings. The molecule has 0 amide bonds. The van der Waals surface area contributed by atoms with Gasteiger partial charge < -0.3 is 14.7 Å². The summed E-state index contributed by atoms with van der Waals surface area (Å²) < 4.78 is 5.67. The summed E-state index contributed by atoms with van der Waals surface area (Å²) in [6, 6.07) is 7.84. The van der Waals surface area contributed by atoms with Crippen molar-refractivity contribution in [3.63, 3.8) is 0 Å². The number of morpholine rings is 1. The molecule has 6 nitrogen and oxygen atoms in total. The van der Waals surface area contributed by atoms with Crippen LogP contribution in [0.2, 0.25) is 5.02 Å². The van der Waals surface area contributed by atoms with Gasteiger partial charge in [0.05, 0.1) is 37.5 Å². The highest BCUT2D eigenvalue weighted by molar-refractivity contribution is 6.30. The van der Waals surface area contributed by atoms with E-state index in [9.17, 15) is 0 Å². The average Bonchev–Trinajstić information content (AvgIpc) is 3.27. The third-order valence-electron chi connectivity index (χ3n) is 4.21. The second kappa shape index (κ2) is 6.76. The number of H-pyrrole nitrogens is 2. The largest absolute Gasteiger partial charge is 0.378 e. The van der Waals surface area contributed by atoms with Crippen LogP contribution < -0.4 is 0 Å². The summed E-state index contributed by atoms with van der Waals surface area (Å²) >= 11 is 6.08. The molecule has 2 aromatic heterocycles. The molecule has 0 saturated carbocycles. The molecule has 0 unspecified atom stereocenters. The molecule has 1 atom stereocenters. The standard InChI is InChI=1S/C17H18ClN5O/c18-13-3-1-2-12(6-13)15-8-20-17(22-15)16-10-24-5-4-23(16)9-14-7-19-11-21-14/h1-3,6-8,11,16H,4-5,9-10H2,(H,19,21)(H,20,22)/t16-/m0/s1. The highest BCUT2D eigenvalue weighted by Crippen LogP contribution is 2.27. The average molecular weight is 344 g/mol. The maximum atomic E-state index is 6.08. The number of rotatable bonds is 4. The molecule has 4 rings (SSSR count). The third kappa shape index (κ3) is 3.21. The van der Waals surface area contributed by atoms with E-state index in [0.717, 1.165) is 42.5 Å². The predicted octanol–water partition coefficient (Wildman–Crippen LogP) is 3.03. The van der Waals surface area contributed by atoms with E-state index in [0.29, 0.717) is 11.6 Å². The number of nitrogens with zero attached hydrogens (tertiary/aromatic N) is 3. The Labute approximate surface area is 144 Å². The van der Waals surface area contributed by atoms with Crippen LogP contribution in [0.5, 0.6) is 0 Å². The van der Waals surface area contributed by atoms with Crippen LogP contribution in [0.15, 0.2) is 43.0 Å². The highest BCUT2D eigenvalue weighted by Gasteiger charge is 2.27. The van der Waals surface area contributed by atoms with Crippen LogP contribution in [-0.2, 0) is 11.3 Å². The summed E-state index contributed by atoms with van der Waals surface area (Å²) in [6.45, 7) is 3.00. The Morgan fingerprint density at radius 2 is 2.29 bits per heavy atom. The molecule has 3 heterocycles. The topological polar surface area (TPSA) is 69.8 Å². The smallest absolute Gasteiger partial charge is 0.126 e. The molecule has 1 fully saturated rings. The van der Waals surface area contributed by atoms with Crippen molar-refractivity contribution in [3.05, 3.63) is 59.5 Å². The first-order valence-corrected chi connectivity index (χ1v) is 8.27. The molecule has 124 valence electrons. The lowest BCUT2D eigenvalue weighted by atomic mass is 10.2. The molecule has 24 heavy (non-hydrogen) atoms. The maximum Gasteiger partial charge on any atom is 0.126 e. The number of aromatic nitrogens is 4. The number of aromatic amines is 2. The third-order valence-corrected chi connectivity index (χ3v) is 4.45. The fourth-order valence-electron chi connectivity index (χ4n) is 2.98. The van der Waals surface area contributed by atoms with Gasteiger partial charge in [-0.2, -0.15) is 0 Å². The van der Waals surface area contributed by atoms with Crippen LogP contribution in [0.25, 0.3) is 11.3 Å². The van der Waals surface area contributed by atoms with Crippen molar-refractivity contribution in [2.75, 3.05) is 19.8 Å². The fraction of sp³-hybridized carbons (Fsp3) is 0.294. The van der Waals surface area contributed by atoms with E-state index in [-0.39, 0.29) is 6.04 Å². The zero-order chi connectivity index (χ0) is 16.4. The molecule has 1 aromatic carbocycles. The SMILES string of the molecule is Clc1cccc(-c2cnc([C@@H]3COCCN3Cc3cnc[nH]3)[nH]2)c1. The number of hydrogen-bond acceptors (Lipinski definition) is 4. The monoisotopic (exact) mass is 343 g/mol. The molecule has 0 aliphatic carbocycles. The molecule has 1 saturated heterocycles. The van der Waals surface area contributed by atoms with Gasteiger partial charge in [-0.15, -0.1) is 0 Å². The Hall–Kier alpha value is -2.15. The van der Waals surface area contributed by atoms with Gasteiger partial charge in [0.25, 0.3) is 0 Å². The van der Waals surface area contributed by atoms with Crippen molar-refractivity contribution in [1.29, 1.82) is 0 Å². The molecule has 0 spiro atoms. The Kier molecular flexibility index (Phi) is 4.34. The number of halogens is 1. The predicted molar refractivity (Wildman–Crippen MR) is 91.6 cm³/mol. The Morgan fingerprint density at radius 3 is 3.12 bits per heavy atom. The van der Waals surface area contributed by atoms with Gasteiger partial charge in [0.2, 0.25) is 0 Å². The molecule has 0 radical (unpaired) electrons. The fourth-order valence-corrected chi connectivity index (χ4v) is 3.17. The molecular weight excluding hydrogens is 326 g/mol. The van der Waals surface area contributed by atoms with E-state index in [4.69, 9.17) is 16.3 Å². The first-order chi connectivity index (χ1) is 11.8. The minimum absolute atomic E-state index is 0.0926. The second-order valence-electron chi connectivity index (χ2n) is 5.83. The molecular formula is C17H18ClN5O.